The largest absolute Gasteiger partial charge is 0.454 e. The van der Waals surface area contributed by atoms with Gasteiger partial charge in [0.2, 0.25) is 6.79 Å². The first kappa shape index (κ1) is 12.7. The first-order valence-corrected chi connectivity index (χ1v) is 6.02. The van der Waals surface area contributed by atoms with E-state index in [4.69, 9.17) is 14.6 Å². The Hall–Kier alpha value is -1.75. The van der Waals surface area contributed by atoms with Gasteiger partial charge in [-0.2, -0.15) is 0 Å². The number of carbonyl (C=O) groups is 1. The third-order valence-electron chi connectivity index (χ3n) is 2.81. The third kappa shape index (κ3) is 2.92. The quantitative estimate of drug-likeness (QED) is 0.828. The van der Waals surface area contributed by atoms with Crippen LogP contribution in [0.1, 0.15) is 30.1 Å². The van der Waals surface area contributed by atoms with Gasteiger partial charge in [-0.1, -0.05) is 0 Å². The minimum absolute atomic E-state index is 0.0371. The van der Waals surface area contributed by atoms with Crippen LogP contribution in [-0.2, 0) is 0 Å². The molecule has 98 valence electrons. The maximum Gasteiger partial charge on any atom is 0.251 e. The number of ether oxygens (including phenoxy) is 2. The molecule has 5 heteroatoms. The van der Waals surface area contributed by atoms with E-state index in [9.17, 15) is 4.79 Å². The number of benzene rings is 1. The number of fused-ring (bicyclic) bond motifs is 1. The minimum Gasteiger partial charge on any atom is -0.454 e. The Bertz CT molecular complexity index is 433. The van der Waals surface area contributed by atoms with Gasteiger partial charge in [0.1, 0.15) is 0 Å². The molecule has 0 fully saturated rings. The minimum atomic E-state index is -0.140. The van der Waals surface area contributed by atoms with Gasteiger partial charge < -0.3 is 19.9 Å². The topological polar surface area (TPSA) is 67.8 Å². The fraction of sp³-hybridized carbons (Fsp3) is 0.462. The highest BCUT2D eigenvalue weighted by molar-refractivity contribution is 5.95. The second-order valence-corrected chi connectivity index (χ2v) is 4.31. The molecule has 18 heavy (non-hydrogen) atoms. The molecular weight excluding hydrogens is 234 g/mol. The highest BCUT2D eigenvalue weighted by Crippen LogP contribution is 2.32. The van der Waals surface area contributed by atoms with Crippen molar-refractivity contribution in [2.24, 2.45) is 0 Å². The number of carbonyl (C=O) groups excluding carboxylic acids is 1. The van der Waals surface area contributed by atoms with Gasteiger partial charge in [-0.15, -0.1) is 0 Å². The Kier molecular flexibility index (Phi) is 4.04. The van der Waals surface area contributed by atoms with Gasteiger partial charge in [-0.25, -0.2) is 0 Å². The Morgan fingerprint density at radius 3 is 3.00 bits per heavy atom. The highest BCUT2D eigenvalue weighted by atomic mass is 16.7. The molecule has 1 aliphatic heterocycles. The summed E-state index contributed by atoms with van der Waals surface area (Å²) in [6.07, 6.45) is 1.44. The summed E-state index contributed by atoms with van der Waals surface area (Å²) in [5.41, 5.74) is 0.551. The van der Waals surface area contributed by atoms with Gasteiger partial charge in [0.15, 0.2) is 11.5 Å². The monoisotopic (exact) mass is 251 g/mol. The van der Waals surface area contributed by atoms with Gasteiger partial charge in [-0.05, 0) is 38.0 Å². The van der Waals surface area contributed by atoms with Gasteiger partial charge in [-0.3, -0.25) is 4.79 Å². The fourth-order valence-corrected chi connectivity index (χ4v) is 1.81. The molecule has 1 amide bonds. The maximum absolute atomic E-state index is 11.9. The number of hydrogen-bond acceptors (Lipinski definition) is 4. The molecule has 0 bridgehead atoms. The summed E-state index contributed by atoms with van der Waals surface area (Å²) in [6.45, 7) is 2.26. The zero-order valence-corrected chi connectivity index (χ0v) is 10.3. The second kappa shape index (κ2) is 5.73. The van der Waals surface area contributed by atoms with Crippen molar-refractivity contribution in [3.05, 3.63) is 23.8 Å². The van der Waals surface area contributed by atoms with Crippen molar-refractivity contribution < 1.29 is 19.4 Å². The van der Waals surface area contributed by atoms with E-state index in [2.05, 4.69) is 5.32 Å². The van der Waals surface area contributed by atoms with E-state index in [-0.39, 0.29) is 25.3 Å². The predicted octanol–water partition coefficient (Wildman–Crippen LogP) is 1.31. The number of rotatable bonds is 5. The van der Waals surface area contributed by atoms with E-state index < -0.39 is 0 Å². The van der Waals surface area contributed by atoms with Crippen molar-refractivity contribution >= 4 is 5.91 Å². The van der Waals surface area contributed by atoms with Crippen LogP contribution < -0.4 is 14.8 Å². The van der Waals surface area contributed by atoms with Crippen molar-refractivity contribution in [1.29, 1.82) is 0 Å². The molecule has 0 radical (unpaired) electrons. The average Bonchev–Trinajstić information content (AvgIpc) is 2.83. The van der Waals surface area contributed by atoms with Crippen LogP contribution in [0.4, 0.5) is 0 Å². The van der Waals surface area contributed by atoms with E-state index in [0.717, 1.165) is 6.42 Å². The van der Waals surface area contributed by atoms with E-state index in [0.29, 0.717) is 23.5 Å². The van der Waals surface area contributed by atoms with Crippen molar-refractivity contribution in [2.75, 3.05) is 13.4 Å². The Balaban J connectivity index is 1.96. The van der Waals surface area contributed by atoms with Crippen molar-refractivity contribution in [3.8, 4) is 11.5 Å². The Morgan fingerprint density at radius 2 is 2.22 bits per heavy atom. The van der Waals surface area contributed by atoms with Crippen LogP contribution >= 0.6 is 0 Å². The van der Waals surface area contributed by atoms with Crippen molar-refractivity contribution in [1.82, 2.24) is 5.32 Å². The molecule has 1 aliphatic rings. The van der Waals surface area contributed by atoms with Crippen LogP contribution in [0.2, 0.25) is 0 Å². The van der Waals surface area contributed by atoms with E-state index in [1.807, 2.05) is 6.92 Å². The predicted molar refractivity (Wildman–Crippen MR) is 65.8 cm³/mol. The standard InChI is InChI=1S/C13H17NO4/c1-9(3-2-6-15)14-13(16)10-4-5-11-12(7-10)18-8-17-11/h4-5,7,9,15H,2-3,6,8H2,1H3,(H,14,16). The smallest absolute Gasteiger partial charge is 0.251 e. The summed E-state index contributed by atoms with van der Waals surface area (Å²) >= 11 is 0. The summed E-state index contributed by atoms with van der Waals surface area (Å²) in [5.74, 6) is 1.13. The maximum atomic E-state index is 11.9. The average molecular weight is 251 g/mol. The van der Waals surface area contributed by atoms with Crippen LogP contribution in [0.25, 0.3) is 0 Å². The molecule has 1 unspecified atom stereocenters. The van der Waals surface area contributed by atoms with E-state index >= 15 is 0 Å². The van der Waals surface area contributed by atoms with Crippen LogP contribution in [0.3, 0.4) is 0 Å². The summed E-state index contributed by atoms with van der Waals surface area (Å²) in [6, 6.07) is 5.16. The number of aliphatic hydroxyl groups excluding tert-OH is 1. The Labute approximate surface area is 106 Å². The second-order valence-electron chi connectivity index (χ2n) is 4.31. The first-order chi connectivity index (χ1) is 8.70. The summed E-state index contributed by atoms with van der Waals surface area (Å²) in [5, 5.41) is 11.6. The highest BCUT2D eigenvalue weighted by Gasteiger charge is 2.16. The molecule has 1 atom stereocenters. The third-order valence-corrected chi connectivity index (χ3v) is 2.81. The molecule has 0 spiro atoms. The van der Waals surface area contributed by atoms with Crippen LogP contribution in [-0.4, -0.2) is 30.5 Å². The first-order valence-electron chi connectivity index (χ1n) is 6.02. The fourth-order valence-electron chi connectivity index (χ4n) is 1.81. The normalized spacial score (nSPS) is 14.3. The molecule has 0 saturated carbocycles. The molecule has 2 rings (SSSR count). The SMILES string of the molecule is CC(CCCO)NC(=O)c1ccc2c(c1)OCO2. The molecule has 0 aromatic heterocycles. The molecule has 5 nitrogen and oxygen atoms in total. The summed E-state index contributed by atoms with van der Waals surface area (Å²) in [4.78, 5) is 11.9. The molecule has 0 aliphatic carbocycles. The van der Waals surface area contributed by atoms with Gasteiger partial charge >= 0.3 is 0 Å². The Morgan fingerprint density at radius 1 is 1.44 bits per heavy atom. The van der Waals surface area contributed by atoms with Crippen molar-refractivity contribution in [3.63, 3.8) is 0 Å². The number of amides is 1. The molecule has 1 heterocycles. The number of nitrogens with one attached hydrogen (secondary N) is 1. The molecule has 1 aromatic carbocycles. The van der Waals surface area contributed by atoms with Crippen LogP contribution in [0.5, 0.6) is 11.5 Å². The number of aliphatic hydroxyl groups is 1. The van der Waals surface area contributed by atoms with Crippen molar-refractivity contribution in [2.45, 2.75) is 25.8 Å². The lowest BCUT2D eigenvalue weighted by Gasteiger charge is -2.13. The van der Waals surface area contributed by atoms with Crippen LogP contribution in [0.15, 0.2) is 18.2 Å². The molecule has 1 aromatic rings. The van der Waals surface area contributed by atoms with E-state index in [1.54, 1.807) is 18.2 Å². The van der Waals surface area contributed by atoms with Crippen LogP contribution in [0, 0.1) is 0 Å². The lowest BCUT2D eigenvalue weighted by atomic mass is 10.1. The zero-order chi connectivity index (χ0) is 13.0. The van der Waals surface area contributed by atoms with Gasteiger partial charge in [0, 0.05) is 18.2 Å². The zero-order valence-electron chi connectivity index (χ0n) is 10.3. The van der Waals surface area contributed by atoms with Gasteiger partial charge in [0.25, 0.3) is 5.91 Å². The summed E-state index contributed by atoms with van der Waals surface area (Å²) < 4.78 is 10.4. The summed E-state index contributed by atoms with van der Waals surface area (Å²) in [7, 11) is 0. The molecule has 2 N–H and O–H groups in total. The molecular formula is C13H17NO4. The molecule has 0 saturated heterocycles. The number of hydrogen-bond donors (Lipinski definition) is 2. The van der Waals surface area contributed by atoms with Gasteiger partial charge in [0.05, 0.1) is 0 Å². The lowest BCUT2D eigenvalue weighted by Crippen LogP contribution is -2.32. The lowest BCUT2D eigenvalue weighted by molar-refractivity contribution is 0.0936. The van der Waals surface area contributed by atoms with E-state index in [1.165, 1.54) is 0 Å².